The minimum atomic E-state index is -0.878. The first-order valence-corrected chi connectivity index (χ1v) is 15.8. The number of aryl methyl sites for hydroxylation is 2. The summed E-state index contributed by atoms with van der Waals surface area (Å²) >= 11 is 1.50. The number of amides is 3. The first kappa shape index (κ1) is 31.6. The number of para-hydroxylation sites is 1. The largest absolute Gasteiger partial charge is 0.493 e. The predicted molar refractivity (Wildman–Crippen MR) is 168 cm³/mol. The molecule has 0 aliphatic carbocycles. The molecule has 1 atom stereocenters. The average Bonchev–Trinajstić information content (AvgIpc) is 3.68. The zero-order valence-corrected chi connectivity index (χ0v) is 26.2. The Balaban J connectivity index is 1.39. The molecule has 12 nitrogen and oxygen atoms in total. The van der Waals surface area contributed by atoms with E-state index >= 15 is 0 Å². The summed E-state index contributed by atoms with van der Waals surface area (Å²) in [7, 11) is 1.51. The van der Waals surface area contributed by atoms with Crippen molar-refractivity contribution in [1.29, 1.82) is 0 Å². The molecule has 0 saturated carbocycles. The van der Waals surface area contributed by atoms with Crippen molar-refractivity contribution in [2.45, 2.75) is 45.2 Å². The van der Waals surface area contributed by atoms with Crippen LogP contribution in [0.5, 0.6) is 11.5 Å². The highest BCUT2D eigenvalue weighted by atomic mass is 32.1. The molecule has 0 unspecified atom stereocenters. The molecule has 13 heteroatoms. The van der Waals surface area contributed by atoms with Crippen LogP contribution in [0.15, 0.2) is 60.1 Å². The number of fused-ring (bicyclic) bond motifs is 3. The van der Waals surface area contributed by atoms with Crippen LogP contribution in [0.25, 0.3) is 0 Å². The number of rotatable bonds is 5. The van der Waals surface area contributed by atoms with Gasteiger partial charge in [0.15, 0.2) is 11.5 Å². The molecule has 1 aliphatic rings. The molecule has 3 amide bonds. The van der Waals surface area contributed by atoms with Crippen LogP contribution in [0.2, 0.25) is 0 Å². The van der Waals surface area contributed by atoms with Crippen molar-refractivity contribution in [2.24, 2.45) is 0 Å². The molecule has 0 fully saturated rings. The van der Waals surface area contributed by atoms with Crippen molar-refractivity contribution < 1.29 is 23.9 Å². The van der Waals surface area contributed by atoms with Crippen molar-refractivity contribution >= 4 is 29.1 Å². The molecule has 2 bridgehead atoms. The monoisotopic (exact) mass is 631 g/mol. The number of hydrogen-bond acceptors (Lipinski definition) is 9. The lowest BCUT2D eigenvalue weighted by Gasteiger charge is -2.24. The summed E-state index contributed by atoms with van der Waals surface area (Å²) in [4.78, 5) is 46.7. The fourth-order valence-corrected chi connectivity index (χ4v) is 5.68. The third-order valence-corrected chi connectivity index (χ3v) is 8.20. The molecular weight excluding hydrogens is 594 g/mol. The second-order valence-electron chi connectivity index (χ2n) is 10.7. The Kier molecular flexibility index (Phi) is 10.7. The van der Waals surface area contributed by atoms with Crippen LogP contribution in [0.4, 0.5) is 0 Å². The molecule has 3 heterocycles. The van der Waals surface area contributed by atoms with Crippen molar-refractivity contribution in [2.75, 3.05) is 33.4 Å². The number of nitrogens with one attached hydrogen (secondary N) is 2. The molecular formula is C32H37N7O5S. The zero-order chi connectivity index (χ0) is 31.6. The maximum atomic E-state index is 13.7. The van der Waals surface area contributed by atoms with Crippen LogP contribution in [0, 0.1) is 6.92 Å². The SMILES string of the molecule is COc1cccc2c1OCCCn1cc(nn1)CCN(C(=O)Cc1csc(C)n1)CCNC(=O)[C@H](Cc1ccccc1)NC2=O. The van der Waals surface area contributed by atoms with Gasteiger partial charge in [-0.3, -0.25) is 19.1 Å². The zero-order valence-electron chi connectivity index (χ0n) is 25.4. The number of carbonyl (C=O) groups is 3. The molecule has 5 rings (SSSR count). The van der Waals surface area contributed by atoms with E-state index in [1.54, 1.807) is 27.8 Å². The fraction of sp³-hybridized carbons (Fsp3) is 0.375. The Morgan fingerprint density at radius 3 is 2.73 bits per heavy atom. The van der Waals surface area contributed by atoms with Crippen molar-refractivity contribution in [3.8, 4) is 11.5 Å². The van der Waals surface area contributed by atoms with Crippen LogP contribution in [-0.2, 0) is 35.4 Å². The smallest absolute Gasteiger partial charge is 0.255 e. The summed E-state index contributed by atoms with van der Waals surface area (Å²) in [6.45, 7) is 3.63. The van der Waals surface area contributed by atoms with Crippen LogP contribution in [-0.4, -0.2) is 82.0 Å². The quantitative estimate of drug-likeness (QED) is 0.343. The first-order chi connectivity index (χ1) is 21.9. The van der Waals surface area contributed by atoms with Crippen LogP contribution in [0.3, 0.4) is 0 Å². The number of hydrogen-bond donors (Lipinski definition) is 2. The summed E-state index contributed by atoms with van der Waals surface area (Å²) in [5.74, 6) is -0.198. The Hall–Kier alpha value is -4.78. The van der Waals surface area contributed by atoms with E-state index in [9.17, 15) is 14.4 Å². The second kappa shape index (κ2) is 15.3. The highest BCUT2D eigenvalue weighted by Crippen LogP contribution is 2.31. The summed E-state index contributed by atoms with van der Waals surface area (Å²) in [6, 6.07) is 13.7. The lowest BCUT2D eigenvalue weighted by atomic mass is 10.0. The van der Waals surface area contributed by atoms with Gasteiger partial charge in [0.05, 0.1) is 42.1 Å². The molecule has 0 radical (unpaired) electrons. The van der Waals surface area contributed by atoms with Gasteiger partial charge in [0, 0.05) is 57.0 Å². The van der Waals surface area contributed by atoms with Gasteiger partial charge in [0.2, 0.25) is 11.8 Å². The molecule has 2 aromatic carbocycles. The number of nitrogens with zero attached hydrogens (tertiary/aromatic N) is 5. The van der Waals surface area contributed by atoms with Crippen LogP contribution >= 0.6 is 11.3 Å². The number of methoxy groups -OCH3 is 1. The number of benzene rings is 2. The van der Waals surface area contributed by atoms with Gasteiger partial charge in [-0.05, 0) is 24.6 Å². The molecule has 2 aromatic heterocycles. The maximum Gasteiger partial charge on any atom is 0.255 e. The first-order valence-electron chi connectivity index (χ1n) is 14.9. The Bertz CT molecular complexity index is 1610. The maximum absolute atomic E-state index is 13.7. The van der Waals surface area contributed by atoms with Crippen LogP contribution in [0.1, 0.15) is 38.7 Å². The van der Waals surface area contributed by atoms with Crippen LogP contribution < -0.4 is 20.1 Å². The topological polar surface area (TPSA) is 141 Å². The third kappa shape index (κ3) is 8.66. The van der Waals surface area contributed by atoms with E-state index in [2.05, 4.69) is 25.9 Å². The van der Waals surface area contributed by atoms with E-state index < -0.39 is 11.9 Å². The van der Waals surface area contributed by atoms with Gasteiger partial charge in [-0.15, -0.1) is 16.4 Å². The second-order valence-corrected chi connectivity index (χ2v) is 11.7. The molecule has 1 aliphatic heterocycles. The minimum absolute atomic E-state index is 0.0929. The number of ether oxygens (including phenoxy) is 2. The van der Waals surface area contributed by atoms with Crippen molar-refractivity contribution in [1.82, 2.24) is 35.5 Å². The highest BCUT2D eigenvalue weighted by molar-refractivity contribution is 7.09. The van der Waals surface area contributed by atoms with Gasteiger partial charge in [-0.2, -0.15) is 0 Å². The average molecular weight is 632 g/mol. The van der Waals surface area contributed by atoms with Gasteiger partial charge in [0.25, 0.3) is 5.91 Å². The summed E-state index contributed by atoms with van der Waals surface area (Å²) in [5.41, 5.74) is 2.62. The fourth-order valence-electron chi connectivity index (χ4n) is 5.07. The van der Waals surface area contributed by atoms with Crippen molar-refractivity contribution in [3.05, 3.63) is 87.6 Å². The molecule has 0 spiro atoms. The highest BCUT2D eigenvalue weighted by Gasteiger charge is 2.26. The van der Waals surface area contributed by atoms with Gasteiger partial charge < -0.3 is 25.0 Å². The van der Waals surface area contributed by atoms with Gasteiger partial charge in [-0.25, -0.2) is 4.98 Å². The summed E-state index contributed by atoms with van der Waals surface area (Å²) < 4.78 is 13.3. The van der Waals surface area contributed by atoms with Gasteiger partial charge >= 0.3 is 0 Å². The van der Waals surface area contributed by atoms with E-state index in [0.717, 1.165) is 22.0 Å². The molecule has 0 saturated heterocycles. The van der Waals surface area contributed by atoms with E-state index in [-0.39, 0.29) is 43.3 Å². The Morgan fingerprint density at radius 2 is 1.96 bits per heavy atom. The van der Waals surface area contributed by atoms with E-state index in [1.165, 1.54) is 18.4 Å². The Morgan fingerprint density at radius 1 is 1.11 bits per heavy atom. The number of thiazole rings is 1. The summed E-state index contributed by atoms with van der Waals surface area (Å²) in [5, 5.41) is 17.1. The molecule has 4 aromatic rings. The summed E-state index contributed by atoms with van der Waals surface area (Å²) in [6.07, 6.45) is 3.40. The van der Waals surface area contributed by atoms with Gasteiger partial charge in [-0.1, -0.05) is 41.6 Å². The van der Waals surface area contributed by atoms with E-state index in [4.69, 9.17) is 9.47 Å². The number of aromatic nitrogens is 4. The molecule has 236 valence electrons. The van der Waals surface area contributed by atoms with E-state index in [0.29, 0.717) is 44.0 Å². The molecule has 2 N–H and O–H groups in total. The standard InChI is InChI=1S/C32H37N7O5S/c1-22-34-25(21-45-22)19-29(40)38-15-12-24-20-39(37-36-24)14-7-17-44-30-26(10-6-11-28(30)43-2)31(41)35-27(32(42)33-13-16-38)18-23-8-4-3-5-9-23/h3-6,8-11,20-21,27H,7,12-19H2,1-2H3,(H,33,42)(H,35,41)/t27-/m0/s1. The third-order valence-electron chi connectivity index (χ3n) is 7.38. The predicted octanol–water partition coefficient (Wildman–Crippen LogP) is 2.61. The van der Waals surface area contributed by atoms with E-state index in [1.807, 2.05) is 48.8 Å². The lowest BCUT2D eigenvalue weighted by molar-refractivity contribution is -0.131. The normalized spacial score (nSPS) is 16.7. The molecule has 45 heavy (non-hydrogen) atoms. The van der Waals surface area contributed by atoms with Crippen molar-refractivity contribution in [3.63, 3.8) is 0 Å². The van der Waals surface area contributed by atoms with Gasteiger partial charge in [0.1, 0.15) is 6.04 Å². The number of carbonyl (C=O) groups excluding carboxylic acids is 3. The lowest BCUT2D eigenvalue weighted by Crippen LogP contribution is -2.50. The Labute approximate surface area is 265 Å². The minimum Gasteiger partial charge on any atom is -0.493 e.